The van der Waals surface area contributed by atoms with Gasteiger partial charge in [0, 0.05) is 6.42 Å². The lowest BCUT2D eigenvalue weighted by molar-refractivity contribution is 0.485. The second kappa shape index (κ2) is 3.97. The fourth-order valence-electron chi connectivity index (χ4n) is 1.19. The molecule has 2 rings (SSSR count). The number of rotatable bonds is 3. The summed E-state index contributed by atoms with van der Waals surface area (Å²) in [6, 6.07) is 3.52. The van der Waals surface area contributed by atoms with Crippen LogP contribution in [0.15, 0.2) is 35.3 Å². The van der Waals surface area contributed by atoms with E-state index >= 15 is 0 Å². The highest BCUT2D eigenvalue weighted by atomic mass is 16.3. The molecule has 0 aliphatic heterocycles. The van der Waals surface area contributed by atoms with Crippen molar-refractivity contribution >= 4 is 0 Å². The topological polar surface area (TPSA) is 77.8 Å². The maximum Gasteiger partial charge on any atom is 0.138 e. The predicted molar refractivity (Wildman–Crippen MR) is 49.2 cm³/mol. The van der Waals surface area contributed by atoms with Gasteiger partial charge in [-0.05, 0) is 12.1 Å². The third-order valence-corrected chi connectivity index (χ3v) is 1.90. The average molecular weight is 190 g/mol. The van der Waals surface area contributed by atoms with Crippen molar-refractivity contribution in [2.45, 2.75) is 12.5 Å². The second-order valence-corrected chi connectivity index (χ2v) is 2.92. The van der Waals surface area contributed by atoms with Crippen LogP contribution < -0.4 is 5.73 Å². The fourth-order valence-corrected chi connectivity index (χ4v) is 1.19. The summed E-state index contributed by atoms with van der Waals surface area (Å²) in [6.45, 7) is 0. The highest BCUT2D eigenvalue weighted by Gasteiger charge is 2.09. The molecule has 2 N–H and O–H groups in total. The molecule has 72 valence electrons. The van der Waals surface area contributed by atoms with Gasteiger partial charge in [0.15, 0.2) is 0 Å². The van der Waals surface area contributed by atoms with E-state index in [2.05, 4.69) is 15.2 Å². The molecule has 2 aromatic heterocycles. The van der Waals surface area contributed by atoms with Crippen molar-refractivity contribution in [2.75, 3.05) is 0 Å². The van der Waals surface area contributed by atoms with Crippen LogP contribution in [-0.4, -0.2) is 15.2 Å². The Labute approximate surface area is 81.0 Å². The highest BCUT2D eigenvalue weighted by Crippen LogP contribution is 2.12. The van der Waals surface area contributed by atoms with Crippen LogP contribution in [0.5, 0.6) is 0 Å². The normalized spacial score (nSPS) is 12.6. The van der Waals surface area contributed by atoms with Gasteiger partial charge in [-0.1, -0.05) is 0 Å². The van der Waals surface area contributed by atoms with Crippen LogP contribution >= 0.6 is 0 Å². The van der Waals surface area contributed by atoms with E-state index in [1.807, 2.05) is 12.1 Å². The molecular formula is C9H10N4O. The quantitative estimate of drug-likeness (QED) is 0.771. The molecule has 0 amide bonds. The summed E-state index contributed by atoms with van der Waals surface area (Å²) in [7, 11) is 0. The van der Waals surface area contributed by atoms with E-state index in [4.69, 9.17) is 10.2 Å². The van der Waals surface area contributed by atoms with Crippen molar-refractivity contribution in [3.63, 3.8) is 0 Å². The minimum atomic E-state index is -0.198. The van der Waals surface area contributed by atoms with Gasteiger partial charge in [-0.3, -0.25) is 0 Å². The van der Waals surface area contributed by atoms with Crippen LogP contribution in [0.2, 0.25) is 0 Å². The first-order valence-corrected chi connectivity index (χ1v) is 4.27. The molecule has 0 saturated heterocycles. The summed E-state index contributed by atoms with van der Waals surface area (Å²) in [6.07, 6.45) is 5.19. The van der Waals surface area contributed by atoms with Crippen molar-refractivity contribution < 1.29 is 4.42 Å². The van der Waals surface area contributed by atoms with Crippen molar-refractivity contribution in [3.05, 3.63) is 42.4 Å². The monoisotopic (exact) mass is 190 g/mol. The largest absolute Gasteiger partial charge is 0.469 e. The Morgan fingerprint density at radius 2 is 2.36 bits per heavy atom. The Morgan fingerprint density at radius 1 is 1.43 bits per heavy atom. The van der Waals surface area contributed by atoms with Gasteiger partial charge in [-0.15, -0.1) is 5.10 Å². The molecule has 2 aromatic rings. The molecule has 0 aromatic carbocycles. The molecule has 0 aliphatic carbocycles. The minimum absolute atomic E-state index is 0.198. The second-order valence-electron chi connectivity index (χ2n) is 2.92. The third kappa shape index (κ3) is 1.94. The maximum absolute atomic E-state index is 5.90. The van der Waals surface area contributed by atoms with Crippen LogP contribution in [0.25, 0.3) is 0 Å². The number of nitrogens with two attached hydrogens (primary N) is 1. The summed E-state index contributed by atoms with van der Waals surface area (Å²) < 4.78 is 5.18. The third-order valence-electron chi connectivity index (χ3n) is 1.90. The van der Waals surface area contributed by atoms with Crippen LogP contribution in [0.4, 0.5) is 0 Å². The molecule has 5 heteroatoms. The fraction of sp³-hybridized carbons (Fsp3) is 0.222. The number of nitrogens with zero attached hydrogens (tertiary/aromatic N) is 3. The highest BCUT2D eigenvalue weighted by molar-refractivity contribution is 5.06. The zero-order chi connectivity index (χ0) is 9.80. The molecule has 0 aliphatic rings. The number of hydrogen-bond donors (Lipinski definition) is 1. The van der Waals surface area contributed by atoms with Gasteiger partial charge in [-0.2, -0.15) is 5.10 Å². The number of furan rings is 1. The van der Waals surface area contributed by atoms with E-state index in [9.17, 15) is 0 Å². The molecule has 5 nitrogen and oxygen atoms in total. The molecular weight excluding hydrogens is 180 g/mol. The standard InChI is InChI=1S/C9H10N4O/c10-8(4-7-2-1-3-14-7)9-5-12-13-6-11-9/h1-3,5-6,8H,4,10H2. The molecule has 0 bridgehead atoms. The first kappa shape index (κ1) is 8.83. The molecule has 0 radical (unpaired) electrons. The zero-order valence-electron chi connectivity index (χ0n) is 7.50. The minimum Gasteiger partial charge on any atom is -0.469 e. The van der Waals surface area contributed by atoms with Crippen molar-refractivity contribution in [3.8, 4) is 0 Å². The van der Waals surface area contributed by atoms with Crippen molar-refractivity contribution in [2.24, 2.45) is 5.73 Å². The van der Waals surface area contributed by atoms with Gasteiger partial charge < -0.3 is 10.2 Å². The first-order valence-electron chi connectivity index (χ1n) is 4.27. The van der Waals surface area contributed by atoms with Crippen LogP contribution in [0.1, 0.15) is 17.5 Å². The Kier molecular flexibility index (Phi) is 2.51. The predicted octanol–water partition coefficient (Wildman–Crippen LogP) is 0.707. The van der Waals surface area contributed by atoms with Gasteiger partial charge in [0.05, 0.1) is 24.2 Å². The molecule has 0 spiro atoms. The number of hydrogen-bond acceptors (Lipinski definition) is 5. The zero-order valence-corrected chi connectivity index (χ0v) is 7.50. The SMILES string of the molecule is NC(Cc1ccco1)c1cnncn1. The maximum atomic E-state index is 5.90. The molecule has 0 saturated carbocycles. The van der Waals surface area contributed by atoms with Gasteiger partial charge in [-0.25, -0.2) is 4.98 Å². The lowest BCUT2D eigenvalue weighted by atomic mass is 10.1. The van der Waals surface area contributed by atoms with Gasteiger partial charge in [0.1, 0.15) is 12.1 Å². The van der Waals surface area contributed by atoms with Crippen LogP contribution in [0.3, 0.4) is 0 Å². The summed E-state index contributed by atoms with van der Waals surface area (Å²) in [4.78, 5) is 4.02. The van der Waals surface area contributed by atoms with Crippen molar-refractivity contribution in [1.82, 2.24) is 15.2 Å². The van der Waals surface area contributed by atoms with E-state index in [-0.39, 0.29) is 6.04 Å². The summed E-state index contributed by atoms with van der Waals surface area (Å²) in [5.41, 5.74) is 6.61. The van der Waals surface area contributed by atoms with Gasteiger partial charge >= 0.3 is 0 Å². The molecule has 1 atom stereocenters. The molecule has 1 unspecified atom stereocenters. The lowest BCUT2D eigenvalue weighted by Crippen LogP contribution is -2.15. The van der Waals surface area contributed by atoms with Crippen LogP contribution in [0, 0.1) is 0 Å². The Morgan fingerprint density at radius 3 is 3.00 bits per heavy atom. The van der Waals surface area contributed by atoms with E-state index in [0.29, 0.717) is 6.42 Å². The molecule has 0 fully saturated rings. The summed E-state index contributed by atoms with van der Waals surface area (Å²) in [5.74, 6) is 0.844. The Balaban J connectivity index is 2.07. The van der Waals surface area contributed by atoms with Gasteiger partial charge in [0.2, 0.25) is 0 Å². The van der Waals surface area contributed by atoms with Crippen LogP contribution in [-0.2, 0) is 6.42 Å². The summed E-state index contributed by atoms with van der Waals surface area (Å²) >= 11 is 0. The molecule has 14 heavy (non-hydrogen) atoms. The Hall–Kier alpha value is -1.75. The number of aromatic nitrogens is 3. The smallest absolute Gasteiger partial charge is 0.138 e. The molecule has 2 heterocycles. The van der Waals surface area contributed by atoms with Crippen molar-refractivity contribution in [1.29, 1.82) is 0 Å². The van der Waals surface area contributed by atoms with Gasteiger partial charge in [0.25, 0.3) is 0 Å². The van der Waals surface area contributed by atoms with E-state index in [0.717, 1.165) is 11.5 Å². The van der Waals surface area contributed by atoms with E-state index < -0.39 is 0 Å². The van der Waals surface area contributed by atoms with E-state index in [1.165, 1.54) is 6.33 Å². The van der Waals surface area contributed by atoms with E-state index in [1.54, 1.807) is 12.5 Å². The first-order chi connectivity index (χ1) is 6.86. The average Bonchev–Trinajstić information content (AvgIpc) is 2.72. The lowest BCUT2D eigenvalue weighted by Gasteiger charge is -2.07. The Bertz CT molecular complexity index is 373. The summed E-state index contributed by atoms with van der Waals surface area (Å²) in [5, 5.41) is 7.30.